The number of sulfonamides is 1. The molecule has 2 rings (SSSR count). The minimum atomic E-state index is -3.84. The molecule has 7 nitrogen and oxygen atoms in total. The number of hydrogen-bond acceptors (Lipinski definition) is 5. The van der Waals surface area contributed by atoms with E-state index in [1.807, 2.05) is 7.05 Å². The van der Waals surface area contributed by atoms with Crippen LogP contribution >= 0.6 is 12.4 Å². The molecule has 0 bridgehead atoms. The molecule has 0 aromatic heterocycles. The Balaban J connectivity index is 0.00000288. The third-order valence-corrected chi connectivity index (χ3v) is 6.38. The molecule has 0 spiro atoms. The van der Waals surface area contributed by atoms with Gasteiger partial charge in [0.25, 0.3) is 5.69 Å². The summed E-state index contributed by atoms with van der Waals surface area (Å²) in [4.78, 5) is 10.5. The lowest BCUT2D eigenvalue weighted by molar-refractivity contribution is -0.387. The van der Waals surface area contributed by atoms with Crippen LogP contribution in [0.5, 0.6) is 0 Å². The van der Waals surface area contributed by atoms with Gasteiger partial charge in [0.15, 0.2) is 4.90 Å². The normalized spacial score (nSPS) is 16.6. The zero-order valence-electron chi connectivity index (χ0n) is 14.1. The number of nitro groups is 1. The lowest BCUT2D eigenvalue weighted by Crippen LogP contribution is -2.40. The summed E-state index contributed by atoms with van der Waals surface area (Å²) in [5.74, 6) is 0.446. The minimum Gasteiger partial charge on any atom is -0.319 e. The quantitative estimate of drug-likeness (QED) is 0.627. The zero-order valence-corrected chi connectivity index (χ0v) is 15.7. The Morgan fingerprint density at radius 1 is 1.25 bits per heavy atom. The van der Waals surface area contributed by atoms with Gasteiger partial charge in [-0.25, -0.2) is 8.42 Å². The van der Waals surface area contributed by atoms with Crippen LogP contribution in [-0.2, 0) is 10.0 Å². The third kappa shape index (κ3) is 4.24. The van der Waals surface area contributed by atoms with Crippen molar-refractivity contribution in [2.24, 2.45) is 5.92 Å². The number of nitro benzene ring substituents is 1. The minimum absolute atomic E-state index is 0. The molecule has 1 saturated heterocycles. The molecule has 24 heavy (non-hydrogen) atoms. The van der Waals surface area contributed by atoms with Gasteiger partial charge in [0, 0.05) is 19.2 Å². The van der Waals surface area contributed by atoms with Gasteiger partial charge >= 0.3 is 0 Å². The zero-order chi connectivity index (χ0) is 17.2. The SMILES string of the molecule is CNCC1CCN(S(=O)(=O)c2cc(C)c(C)cc2[N+](=O)[O-])CC1.Cl. The monoisotopic (exact) mass is 377 g/mol. The van der Waals surface area contributed by atoms with Crippen molar-refractivity contribution >= 4 is 28.1 Å². The summed E-state index contributed by atoms with van der Waals surface area (Å²) in [5, 5.41) is 14.4. The predicted octanol–water partition coefficient (Wildman–Crippen LogP) is 2.25. The fourth-order valence-electron chi connectivity index (χ4n) is 2.91. The number of aryl methyl sites for hydroxylation is 2. The molecular weight excluding hydrogens is 354 g/mol. The van der Waals surface area contributed by atoms with Crippen LogP contribution in [0.3, 0.4) is 0 Å². The molecule has 0 saturated carbocycles. The summed E-state index contributed by atoms with van der Waals surface area (Å²) in [6.45, 7) is 5.16. The van der Waals surface area contributed by atoms with Crippen LogP contribution in [0.1, 0.15) is 24.0 Å². The van der Waals surface area contributed by atoms with E-state index in [-0.39, 0.29) is 23.0 Å². The van der Waals surface area contributed by atoms with Crippen LogP contribution in [0.4, 0.5) is 5.69 Å². The highest BCUT2D eigenvalue weighted by molar-refractivity contribution is 7.89. The number of nitrogens with zero attached hydrogens (tertiary/aromatic N) is 2. The van der Waals surface area contributed by atoms with Crippen LogP contribution < -0.4 is 5.32 Å². The fraction of sp³-hybridized carbons (Fsp3) is 0.600. The Labute approximate surface area is 149 Å². The second-order valence-corrected chi connectivity index (χ2v) is 7.97. The van der Waals surface area contributed by atoms with Crippen molar-refractivity contribution in [3.05, 3.63) is 33.4 Å². The van der Waals surface area contributed by atoms with E-state index in [9.17, 15) is 18.5 Å². The molecule has 1 aromatic carbocycles. The molecular formula is C15H24ClN3O4S. The number of benzene rings is 1. The van der Waals surface area contributed by atoms with Crippen molar-refractivity contribution in [2.45, 2.75) is 31.6 Å². The van der Waals surface area contributed by atoms with E-state index in [0.717, 1.165) is 24.9 Å². The number of nitrogens with one attached hydrogen (secondary N) is 1. The molecule has 1 aliphatic rings. The van der Waals surface area contributed by atoms with Crippen molar-refractivity contribution in [1.29, 1.82) is 0 Å². The van der Waals surface area contributed by atoms with Crippen molar-refractivity contribution in [2.75, 3.05) is 26.7 Å². The molecule has 1 N–H and O–H groups in total. The van der Waals surface area contributed by atoms with E-state index in [2.05, 4.69) is 5.32 Å². The molecule has 0 radical (unpaired) electrons. The van der Waals surface area contributed by atoms with Gasteiger partial charge in [-0.1, -0.05) is 0 Å². The molecule has 1 fully saturated rings. The summed E-state index contributed by atoms with van der Waals surface area (Å²) in [7, 11) is -1.97. The summed E-state index contributed by atoms with van der Waals surface area (Å²) in [6.07, 6.45) is 1.53. The average molecular weight is 378 g/mol. The first-order valence-corrected chi connectivity index (χ1v) is 9.11. The van der Waals surface area contributed by atoms with Crippen molar-refractivity contribution in [1.82, 2.24) is 9.62 Å². The Hall–Kier alpha value is -1.22. The maximum atomic E-state index is 12.8. The molecule has 1 aliphatic heterocycles. The Morgan fingerprint density at radius 2 is 1.79 bits per heavy atom. The predicted molar refractivity (Wildman–Crippen MR) is 95.2 cm³/mol. The largest absolute Gasteiger partial charge is 0.319 e. The van der Waals surface area contributed by atoms with E-state index < -0.39 is 14.9 Å². The first kappa shape index (κ1) is 20.8. The van der Waals surface area contributed by atoms with E-state index in [1.54, 1.807) is 13.8 Å². The molecule has 0 unspecified atom stereocenters. The molecule has 9 heteroatoms. The summed E-state index contributed by atoms with van der Waals surface area (Å²) < 4.78 is 27.1. The number of piperidine rings is 1. The second kappa shape index (κ2) is 8.24. The summed E-state index contributed by atoms with van der Waals surface area (Å²) in [5.41, 5.74) is 1.10. The van der Waals surface area contributed by atoms with Crippen LogP contribution in [0.15, 0.2) is 17.0 Å². The van der Waals surface area contributed by atoms with Gasteiger partial charge < -0.3 is 5.32 Å². The summed E-state index contributed by atoms with van der Waals surface area (Å²) >= 11 is 0. The highest BCUT2D eigenvalue weighted by Gasteiger charge is 2.34. The maximum absolute atomic E-state index is 12.8. The van der Waals surface area contributed by atoms with Gasteiger partial charge in [-0.3, -0.25) is 10.1 Å². The fourth-order valence-corrected chi connectivity index (χ4v) is 4.60. The van der Waals surface area contributed by atoms with Crippen LogP contribution in [-0.4, -0.2) is 44.3 Å². The van der Waals surface area contributed by atoms with E-state index in [0.29, 0.717) is 24.6 Å². The first-order chi connectivity index (χ1) is 10.8. The Morgan fingerprint density at radius 3 is 2.29 bits per heavy atom. The van der Waals surface area contributed by atoms with Crippen molar-refractivity contribution in [3.8, 4) is 0 Å². The van der Waals surface area contributed by atoms with Gasteiger partial charge in [0.2, 0.25) is 10.0 Å². The van der Waals surface area contributed by atoms with E-state index in [1.165, 1.54) is 16.4 Å². The van der Waals surface area contributed by atoms with Gasteiger partial charge in [-0.15, -0.1) is 12.4 Å². The van der Waals surface area contributed by atoms with E-state index >= 15 is 0 Å². The van der Waals surface area contributed by atoms with Crippen LogP contribution in [0.2, 0.25) is 0 Å². The lowest BCUT2D eigenvalue weighted by Gasteiger charge is -2.31. The van der Waals surface area contributed by atoms with Crippen LogP contribution in [0, 0.1) is 29.9 Å². The standard InChI is InChI=1S/C15H23N3O4S.ClH/c1-11-8-14(18(19)20)15(9-12(11)2)23(21,22)17-6-4-13(5-7-17)10-16-3;/h8-9,13,16H,4-7,10H2,1-3H3;1H. The molecule has 0 amide bonds. The number of halogens is 1. The smallest absolute Gasteiger partial charge is 0.289 e. The molecule has 0 atom stereocenters. The highest BCUT2D eigenvalue weighted by atomic mass is 35.5. The molecule has 1 aromatic rings. The summed E-state index contributed by atoms with van der Waals surface area (Å²) in [6, 6.07) is 2.76. The lowest BCUT2D eigenvalue weighted by atomic mass is 9.98. The highest BCUT2D eigenvalue weighted by Crippen LogP contribution is 2.31. The molecule has 0 aliphatic carbocycles. The van der Waals surface area contributed by atoms with Gasteiger partial charge in [0.05, 0.1) is 4.92 Å². The van der Waals surface area contributed by atoms with Gasteiger partial charge in [0.1, 0.15) is 0 Å². The first-order valence-electron chi connectivity index (χ1n) is 7.67. The average Bonchev–Trinajstić information content (AvgIpc) is 2.50. The number of rotatable bonds is 5. The number of hydrogen-bond donors (Lipinski definition) is 1. The van der Waals surface area contributed by atoms with Gasteiger partial charge in [-0.05, 0) is 63.4 Å². The van der Waals surface area contributed by atoms with Crippen LogP contribution in [0.25, 0.3) is 0 Å². The second-order valence-electron chi connectivity index (χ2n) is 6.07. The van der Waals surface area contributed by atoms with Crippen molar-refractivity contribution in [3.63, 3.8) is 0 Å². The molecule has 1 heterocycles. The Bertz CT molecular complexity index is 701. The van der Waals surface area contributed by atoms with Crippen molar-refractivity contribution < 1.29 is 13.3 Å². The Kier molecular flexibility index (Phi) is 7.15. The topological polar surface area (TPSA) is 92.6 Å². The van der Waals surface area contributed by atoms with Gasteiger partial charge in [-0.2, -0.15) is 4.31 Å². The third-order valence-electron chi connectivity index (χ3n) is 4.46. The maximum Gasteiger partial charge on any atom is 0.289 e. The molecule has 136 valence electrons. The van der Waals surface area contributed by atoms with E-state index in [4.69, 9.17) is 0 Å².